The van der Waals surface area contributed by atoms with E-state index in [4.69, 9.17) is 5.11 Å². The van der Waals surface area contributed by atoms with Gasteiger partial charge in [-0.15, -0.1) is 11.3 Å². The molecule has 3 nitrogen and oxygen atoms in total. The van der Waals surface area contributed by atoms with Gasteiger partial charge in [0.25, 0.3) is 0 Å². The highest BCUT2D eigenvalue weighted by molar-refractivity contribution is 7.10. The third kappa shape index (κ3) is 1.35. The third-order valence-corrected chi connectivity index (χ3v) is 3.95. The van der Waals surface area contributed by atoms with Crippen LogP contribution >= 0.6 is 11.3 Å². The zero-order valence-corrected chi connectivity index (χ0v) is 8.86. The largest absolute Gasteiger partial charge is 0.481 e. The van der Waals surface area contributed by atoms with Crippen molar-refractivity contribution in [3.63, 3.8) is 0 Å². The first-order chi connectivity index (χ1) is 6.68. The number of fused-ring (bicyclic) bond motifs is 1. The Hall–Kier alpha value is -0.870. The number of carboxylic acids is 1. The molecule has 4 heteroatoms. The van der Waals surface area contributed by atoms with Gasteiger partial charge in [0, 0.05) is 4.88 Å². The van der Waals surface area contributed by atoms with Crippen LogP contribution in [0, 0.1) is 0 Å². The van der Waals surface area contributed by atoms with Crippen molar-refractivity contribution in [1.29, 1.82) is 0 Å². The molecule has 0 saturated heterocycles. The van der Waals surface area contributed by atoms with E-state index in [-0.39, 0.29) is 12.0 Å². The van der Waals surface area contributed by atoms with Gasteiger partial charge < -0.3 is 10.4 Å². The first-order valence-electron chi connectivity index (χ1n) is 4.65. The standard InChI is InChI=1S/C10H13NO2S/c1-11-10(6-9(12)13)4-2-8-7(10)3-5-14-8/h3,5,11H,2,4,6H2,1H3,(H,12,13). The van der Waals surface area contributed by atoms with Crippen molar-refractivity contribution in [2.45, 2.75) is 24.8 Å². The molecule has 0 spiro atoms. The molecule has 2 rings (SSSR count). The lowest BCUT2D eigenvalue weighted by atomic mass is 9.90. The third-order valence-electron chi connectivity index (χ3n) is 2.97. The highest BCUT2D eigenvalue weighted by atomic mass is 32.1. The fourth-order valence-electron chi connectivity index (χ4n) is 2.21. The highest BCUT2D eigenvalue weighted by Crippen LogP contribution is 2.41. The number of nitrogens with one attached hydrogen (secondary N) is 1. The molecule has 1 unspecified atom stereocenters. The number of thiophene rings is 1. The van der Waals surface area contributed by atoms with Crippen LogP contribution in [0.2, 0.25) is 0 Å². The summed E-state index contributed by atoms with van der Waals surface area (Å²) in [6, 6.07) is 2.05. The molecule has 14 heavy (non-hydrogen) atoms. The van der Waals surface area contributed by atoms with Crippen molar-refractivity contribution < 1.29 is 9.90 Å². The van der Waals surface area contributed by atoms with E-state index in [1.807, 2.05) is 18.5 Å². The summed E-state index contributed by atoms with van der Waals surface area (Å²) in [5.41, 5.74) is 0.869. The van der Waals surface area contributed by atoms with Crippen LogP contribution in [0.25, 0.3) is 0 Å². The molecule has 0 saturated carbocycles. The van der Waals surface area contributed by atoms with Gasteiger partial charge in [0.15, 0.2) is 0 Å². The van der Waals surface area contributed by atoms with Crippen LogP contribution in [0.4, 0.5) is 0 Å². The van der Waals surface area contributed by atoms with Crippen molar-refractivity contribution in [1.82, 2.24) is 5.32 Å². The van der Waals surface area contributed by atoms with Gasteiger partial charge in [-0.2, -0.15) is 0 Å². The van der Waals surface area contributed by atoms with Gasteiger partial charge in [-0.3, -0.25) is 4.79 Å². The second-order valence-electron chi connectivity index (χ2n) is 3.66. The molecule has 0 radical (unpaired) electrons. The van der Waals surface area contributed by atoms with Crippen molar-refractivity contribution in [3.05, 3.63) is 21.9 Å². The summed E-state index contributed by atoms with van der Waals surface area (Å²) >= 11 is 1.72. The van der Waals surface area contributed by atoms with Gasteiger partial charge in [-0.25, -0.2) is 0 Å². The van der Waals surface area contributed by atoms with Crippen LogP contribution in [0.5, 0.6) is 0 Å². The van der Waals surface area contributed by atoms with Crippen LogP contribution in [0.3, 0.4) is 0 Å². The van der Waals surface area contributed by atoms with Crippen molar-refractivity contribution in [2.24, 2.45) is 0 Å². The van der Waals surface area contributed by atoms with Gasteiger partial charge in [-0.1, -0.05) is 0 Å². The molecule has 0 amide bonds. The normalized spacial score (nSPS) is 24.9. The summed E-state index contributed by atoms with van der Waals surface area (Å²) in [4.78, 5) is 12.1. The Bertz CT molecular complexity index is 361. The maximum absolute atomic E-state index is 10.8. The van der Waals surface area contributed by atoms with Crippen LogP contribution in [-0.2, 0) is 16.8 Å². The predicted molar refractivity (Wildman–Crippen MR) is 55.6 cm³/mol. The maximum atomic E-state index is 10.8. The average molecular weight is 211 g/mol. The van der Waals surface area contributed by atoms with E-state index >= 15 is 0 Å². The molecule has 1 atom stereocenters. The number of rotatable bonds is 3. The number of hydrogen-bond acceptors (Lipinski definition) is 3. The Kier molecular flexibility index (Phi) is 2.33. The smallest absolute Gasteiger partial charge is 0.305 e. The molecule has 0 bridgehead atoms. The minimum atomic E-state index is -0.738. The second-order valence-corrected chi connectivity index (χ2v) is 4.66. The van der Waals surface area contributed by atoms with Crippen LogP contribution in [-0.4, -0.2) is 18.1 Å². The van der Waals surface area contributed by atoms with E-state index in [1.54, 1.807) is 11.3 Å². The summed E-state index contributed by atoms with van der Waals surface area (Å²) in [6.45, 7) is 0. The first-order valence-corrected chi connectivity index (χ1v) is 5.53. The second kappa shape index (κ2) is 3.37. The lowest BCUT2D eigenvalue weighted by molar-refractivity contribution is -0.138. The zero-order chi connectivity index (χ0) is 10.2. The van der Waals surface area contributed by atoms with E-state index in [1.165, 1.54) is 10.4 Å². The molecule has 76 valence electrons. The molecule has 0 aliphatic heterocycles. The lowest BCUT2D eigenvalue weighted by Gasteiger charge is -2.27. The number of hydrogen-bond donors (Lipinski definition) is 2. The van der Waals surface area contributed by atoms with Gasteiger partial charge in [-0.05, 0) is 36.9 Å². The van der Waals surface area contributed by atoms with Crippen molar-refractivity contribution in [3.8, 4) is 0 Å². The van der Waals surface area contributed by atoms with Crippen LogP contribution in [0.1, 0.15) is 23.3 Å². The van der Waals surface area contributed by atoms with Gasteiger partial charge >= 0.3 is 5.97 Å². The van der Waals surface area contributed by atoms with E-state index in [2.05, 4.69) is 5.32 Å². The van der Waals surface area contributed by atoms with E-state index in [0.29, 0.717) is 0 Å². The van der Waals surface area contributed by atoms with E-state index in [0.717, 1.165) is 12.8 Å². The topological polar surface area (TPSA) is 49.3 Å². The monoisotopic (exact) mass is 211 g/mol. The predicted octanol–water partition coefficient (Wildman–Crippen LogP) is 1.58. The Morgan fingerprint density at radius 2 is 2.57 bits per heavy atom. The Labute approximate surface area is 86.8 Å². The van der Waals surface area contributed by atoms with Gasteiger partial charge in [0.05, 0.1) is 12.0 Å². The SMILES string of the molecule is CNC1(CC(=O)O)CCc2sccc21. The molecule has 1 aromatic heterocycles. The molecule has 1 aliphatic carbocycles. The minimum Gasteiger partial charge on any atom is -0.481 e. The van der Waals surface area contributed by atoms with E-state index < -0.39 is 5.97 Å². The van der Waals surface area contributed by atoms with Crippen LogP contribution < -0.4 is 5.32 Å². The number of carboxylic acid groups (broad SMARTS) is 1. The molecule has 1 aliphatic rings. The first kappa shape index (κ1) is 9.68. The van der Waals surface area contributed by atoms with Gasteiger partial charge in [0.1, 0.15) is 0 Å². The molecule has 1 heterocycles. The fraction of sp³-hybridized carbons (Fsp3) is 0.500. The molecular weight excluding hydrogens is 198 g/mol. The quantitative estimate of drug-likeness (QED) is 0.798. The lowest BCUT2D eigenvalue weighted by Crippen LogP contribution is -2.39. The summed E-state index contributed by atoms with van der Waals surface area (Å²) in [7, 11) is 1.84. The molecular formula is C10H13NO2S. The molecule has 0 fully saturated rings. The summed E-state index contributed by atoms with van der Waals surface area (Å²) in [5, 5.41) is 14.1. The summed E-state index contributed by atoms with van der Waals surface area (Å²) in [6.07, 6.45) is 2.08. The van der Waals surface area contributed by atoms with Crippen molar-refractivity contribution >= 4 is 17.3 Å². The van der Waals surface area contributed by atoms with E-state index in [9.17, 15) is 4.79 Å². The number of carbonyl (C=O) groups is 1. The Balaban J connectivity index is 2.35. The number of aryl methyl sites for hydroxylation is 1. The fourth-order valence-corrected chi connectivity index (χ4v) is 3.19. The molecule has 2 N–H and O–H groups in total. The highest BCUT2D eigenvalue weighted by Gasteiger charge is 2.39. The molecule has 1 aromatic rings. The van der Waals surface area contributed by atoms with Crippen molar-refractivity contribution in [2.75, 3.05) is 7.05 Å². The maximum Gasteiger partial charge on any atom is 0.305 e. The summed E-state index contributed by atoms with van der Waals surface area (Å²) in [5.74, 6) is -0.738. The number of aliphatic carboxylic acids is 1. The zero-order valence-electron chi connectivity index (χ0n) is 8.04. The Morgan fingerprint density at radius 1 is 1.79 bits per heavy atom. The minimum absolute atomic E-state index is 0.174. The average Bonchev–Trinajstić information content (AvgIpc) is 2.68. The summed E-state index contributed by atoms with van der Waals surface area (Å²) < 4.78 is 0. The Morgan fingerprint density at radius 3 is 3.21 bits per heavy atom. The molecule has 0 aromatic carbocycles. The van der Waals surface area contributed by atoms with Crippen LogP contribution in [0.15, 0.2) is 11.4 Å². The van der Waals surface area contributed by atoms with Gasteiger partial charge in [0.2, 0.25) is 0 Å².